The second-order valence-electron chi connectivity index (χ2n) is 4.27. The van der Waals surface area contributed by atoms with Crippen LogP contribution in [0.4, 0.5) is 8.78 Å². The van der Waals surface area contributed by atoms with Crippen molar-refractivity contribution in [1.82, 2.24) is 15.1 Å². The number of hydrogen-bond donors (Lipinski definition) is 0. The Bertz CT molecular complexity index is 697. The van der Waals surface area contributed by atoms with Crippen LogP contribution in [0.25, 0.3) is 0 Å². The summed E-state index contributed by atoms with van der Waals surface area (Å²) in [6, 6.07) is 4.42. The second kappa shape index (κ2) is 6.32. The molecule has 1 amide bonds. The van der Waals surface area contributed by atoms with Crippen LogP contribution in [0.1, 0.15) is 15.9 Å². The number of halogens is 4. The molecule has 0 aliphatic heterocycles. The minimum Gasteiger partial charge on any atom is -0.337 e. The van der Waals surface area contributed by atoms with Crippen LogP contribution in [-0.4, -0.2) is 28.1 Å². The molecule has 2 rings (SSSR count). The third kappa shape index (κ3) is 3.65. The van der Waals surface area contributed by atoms with E-state index in [1.54, 1.807) is 0 Å². The molecule has 0 radical (unpaired) electrons. The van der Waals surface area contributed by atoms with Gasteiger partial charge in [-0.2, -0.15) is 0 Å². The van der Waals surface area contributed by atoms with Crippen LogP contribution in [0, 0.1) is 11.6 Å². The number of rotatable bonds is 3. The van der Waals surface area contributed by atoms with Crippen LogP contribution >= 0.6 is 23.2 Å². The van der Waals surface area contributed by atoms with Gasteiger partial charge in [0.2, 0.25) is 0 Å². The summed E-state index contributed by atoms with van der Waals surface area (Å²) in [5.74, 6) is -1.91. The van der Waals surface area contributed by atoms with E-state index in [9.17, 15) is 13.6 Å². The summed E-state index contributed by atoms with van der Waals surface area (Å²) >= 11 is 11.5. The Balaban J connectivity index is 2.21. The minimum absolute atomic E-state index is 0.0177. The Labute approximate surface area is 129 Å². The Hall–Kier alpha value is -1.79. The fourth-order valence-electron chi connectivity index (χ4n) is 1.69. The highest BCUT2D eigenvalue weighted by Gasteiger charge is 2.18. The van der Waals surface area contributed by atoms with Crippen LogP contribution in [0.15, 0.2) is 24.3 Å². The molecule has 0 aliphatic rings. The number of carbonyl (C=O) groups is 1. The maximum Gasteiger partial charge on any atom is 0.257 e. The molecule has 1 heterocycles. The van der Waals surface area contributed by atoms with Gasteiger partial charge in [0.05, 0.1) is 5.56 Å². The topological polar surface area (TPSA) is 46.1 Å². The van der Waals surface area contributed by atoms with Crippen molar-refractivity contribution in [2.24, 2.45) is 0 Å². The molecule has 0 atom stereocenters. The first-order chi connectivity index (χ1) is 9.88. The van der Waals surface area contributed by atoms with Gasteiger partial charge in [-0.1, -0.05) is 29.3 Å². The maximum atomic E-state index is 13.6. The molecule has 0 saturated carbocycles. The summed E-state index contributed by atoms with van der Waals surface area (Å²) < 4.78 is 26.4. The fraction of sp³-hybridized carbons (Fsp3) is 0.154. The fourth-order valence-corrected chi connectivity index (χ4v) is 2.01. The van der Waals surface area contributed by atoms with Gasteiger partial charge in [0.25, 0.3) is 5.91 Å². The predicted molar refractivity (Wildman–Crippen MR) is 74.2 cm³/mol. The molecule has 0 unspecified atom stereocenters. The van der Waals surface area contributed by atoms with Crippen molar-refractivity contribution in [3.05, 3.63) is 57.3 Å². The molecule has 0 N–H and O–H groups in total. The summed E-state index contributed by atoms with van der Waals surface area (Å²) in [7, 11) is 1.45. The smallest absolute Gasteiger partial charge is 0.257 e. The molecule has 0 fully saturated rings. The zero-order valence-electron chi connectivity index (χ0n) is 10.8. The molecular formula is C13H9Cl2F2N3O. The van der Waals surface area contributed by atoms with Crippen LogP contribution in [-0.2, 0) is 6.54 Å². The van der Waals surface area contributed by atoms with E-state index in [4.69, 9.17) is 23.2 Å². The lowest BCUT2D eigenvalue weighted by Crippen LogP contribution is -2.27. The Morgan fingerprint density at radius 1 is 1.24 bits per heavy atom. The van der Waals surface area contributed by atoms with E-state index < -0.39 is 17.5 Å². The molecule has 0 aliphatic carbocycles. The first-order valence-electron chi connectivity index (χ1n) is 5.76. The Kier molecular flexibility index (Phi) is 4.69. The highest BCUT2D eigenvalue weighted by molar-refractivity contribution is 6.34. The van der Waals surface area contributed by atoms with Crippen molar-refractivity contribution in [3.63, 3.8) is 0 Å². The number of aromatic nitrogens is 2. The van der Waals surface area contributed by atoms with Crippen LogP contribution < -0.4 is 0 Å². The minimum atomic E-state index is -0.730. The summed E-state index contributed by atoms with van der Waals surface area (Å²) in [5, 5.41) is 6.95. The SMILES string of the molecule is CN(Cc1ccc(F)cc1F)C(=O)c1cc(Cl)nnc1Cl. The van der Waals surface area contributed by atoms with Gasteiger partial charge in [-0.25, -0.2) is 8.78 Å². The van der Waals surface area contributed by atoms with E-state index in [0.717, 1.165) is 12.1 Å². The summed E-state index contributed by atoms with van der Waals surface area (Å²) in [6.07, 6.45) is 0. The molecule has 0 bridgehead atoms. The largest absolute Gasteiger partial charge is 0.337 e. The normalized spacial score (nSPS) is 10.5. The highest BCUT2D eigenvalue weighted by Crippen LogP contribution is 2.19. The number of hydrogen-bond acceptors (Lipinski definition) is 3. The number of nitrogens with zero attached hydrogens (tertiary/aromatic N) is 3. The van der Waals surface area contributed by atoms with Gasteiger partial charge < -0.3 is 4.90 Å². The molecule has 0 spiro atoms. The zero-order valence-corrected chi connectivity index (χ0v) is 12.3. The monoisotopic (exact) mass is 331 g/mol. The van der Waals surface area contributed by atoms with Gasteiger partial charge in [-0.3, -0.25) is 4.79 Å². The molecule has 8 heteroatoms. The van der Waals surface area contributed by atoms with Gasteiger partial charge >= 0.3 is 0 Å². The van der Waals surface area contributed by atoms with Gasteiger partial charge in [-0.15, -0.1) is 10.2 Å². The second-order valence-corrected chi connectivity index (χ2v) is 5.01. The van der Waals surface area contributed by atoms with E-state index in [0.29, 0.717) is 0 Å². The average Bonchev–Trinajstić information content (AvgIpc) is 2.43. The van der Waals surface area contributed by atoms with Gasteiger partial charge in [0.15, 0.2) is 10.3 Å². The highest BCUT2D eigenvalue weighted by atomic mass is 35.5. The van der Waals surface area contributed by atoms with E-state index >= 15 is 0 Å². The van der Waals surface area contributed by atoms with Crippen molar-refractivity contribution >= 4 is 29.1 Å². The lowest BCUT2D eigenvalue weighted by atomic mass is 10.2. The number of benzene rings is 1. The third-order valence-corrected chi connectivity index (χ3v) is 3.18. The van der Waals surface area contributed by atoms with Crippen molar-refractivity contribution < 1.29 is 13.6 Å². The molecule has 1 aromatic carbocycles. The average molecular weight is 332 g/mol. The Morgan fingerprint density at radius 3 is 2.62 bits per heavy atom. The zero-order chi connectivity index (χ0) is 15.6. The van der Waals surface area contributed by atoms with Gasteiger partial charge in [-0.05, 0) is 12.1 Å². The number of amides is 1. The molecular weight excluding hydrogens is 323 g/mol. The van der Waals surface area contributed by atoms with Crippen molar-refractivity contribution in [3.8, 4) is 0 Å². The van der Waals surface area contributed by atoms with E-state index in [-0.39, 0.29) is 28.0 Å². The standard InChI is InChI=1S/C13H9Cl2F2N3O/c1-20(6-7-2-3-8(16)4-10(7)17)13(21)9-5-11(14)18-19-12(9)15/h2-5H,6H2,1H3. The predicted octanol–water partition coefficient (Wildman–Crippen LogP) is 3.33. The first-order valence-corrected chi connectivity index (χ1v) is 6.52. The maximum absolute atomic E-state index is 13.6. The van der Waals surface area contributed by atoms with Crippen LogP contribution in [0.5, 0.6) is 0 Å². The van der Waals surface area contributed by atoms with Gasteiger partial charge in [0, 0.05) is 25.2 Å². The van der Waals surface area contributed by atoms with Crippen molar-refractivity contribution in [1.29, 1.82) is 0 Å². The summed E-state index contributed by atoms with van der Waals surface area (Å²) in [4.78, 5) is 13.4. The molecule has 21 heavy (non-hydrogen) atoms. The lowest BCUT2D eigenvalue weighted by molar-refractivity contribution is 0.0783. The molecule has 4 nitrogen and oxygen atoms in total. The van der Waals surface area contributed by atoms with Crippen LogP contribution in [0.2, 0.25) is 10.3 Å². The van der Waals surface area contributed by atoms with Crippen LogP contribution in [0.3, 0.4) is 0 Å². The molecule has 2 aromatic rings. The Morgan fingerprint density at radius 2 is 1.95 bits per heavy atom. The lowest BCUT2D eigenvalue weighted by Gasteiger charge is -2.18. The quantitative estimate of drug-likeness (QED) is 0.866. The van der Waals surface area contributed by atoms with E-state index in [1.807, 2.05) is 0 Å². The van der Waals surface area contributed by atoms with Gasteiger partial charge in [0.1, 0.15) is 11.6 Å². The number of carbonyl (C=O) groups excluding carboxylic acids is 1. The van der Waals surface area contributed by atoms with E-state index in [2.05, 4.69) is 10.2 Å². The van der Waals surface area contributed by atoms with Crippen molar-refractivity contribution in [2.75, 3.05) is 7.05 Å². The summed E-state index contributed by atoms with van der Waals surface area (Å²) in [5.41, 5.74) is 0.234. The first kappa shape index (κ1) is 15.6. The summed E-state index contributed by atoms with van der Waals surface area (Å²) in [6.45, 7) is -0.0543. The van der Waals surface area contributed by atoms with E-state index in [1.165, 1.54) is 24.1 Å². The molecule has 110 valence electrons. The van der Waals surface area contributed by atoms with Crippen molar-refractivity contribution in [2.45, 2.75) is 6.54 Å². The molecule has 0 saturated heterocycles. The third-order valence-electron chi connectivity index (χ3n) is 2.72. The molecule has 1 aromatic heterocycles.